The summed E-state index contributed by atoms with van der Waals surface area (Å²) < 4.78 is 27.8. The molecular weight excluding hydrogens is 438 g/mol. The number of rotatable bonds is 6. The molecule has 3 rings (SSSR count). The number of thiophene rings is 1. The Kier molecular flexibility index (Phi) is 5.65. The number of carbonyl (C=O) groups excluding carboxylic acids is 1. The molecule has 7 nitrogen and oxygen atoms in total. The van der Waals surface area contributed by atoms with E-state index in [1.165, 1.54) is 19.1 Å². The van der Waals surface area contributed by atoms with E-state index in [0.717, 1.165) is 23.5 Å². The van der Waals surface area contributed by atoms with Crippen molar-refractivity contribution in [3.8, 4) is 16.9 Å². The summed E-state index contributed by atoms with van der Waals surface area (Å²) >= 11 is 7.07. The number of benzene rings is 2. The summed E-state index contributed by atoms with van der Waals surface area (Å²) in [6.07, 6.45) is 0. The largest absolute Gasteiger partial charge is 0.507 e. The molecule has 0 bridgehead atoms. The zero-order valence-corrected chi connectivity index (χ0v) is 17.2. The lowest BCUT2D eigenvalue weighted by molar-refractivity contribution is 0.0693. The quantitative estimate of drug-likeness (QED) is 0.475. The molecule has 0 radical (unpaired) electrons. The van der Waals surface area contributed by atoms with Gasteiger partial charge in [-0.3, -0.25) is 9.52 Å². The highest BCUT2D eigenvalue weighted by atomic mass is 35.5. The number of aromatic hydroxyl groups is 1. The molecular formula is C19H14ClNO6S2. The number of carbonyl (C=O) groups is 2. The van der Waals surface area contributed by atoms with Crippen molar-refractivity contribution in [1.29, 1.82) is 0 Å². The van der Waals surface area contributed by atoms with E-state index in [2.05, 4.69) is 4.72 Å². The Bertz CT molecular complexity index is 1230. The molecule has 0 fully saturated rings. The lowest BCUT2D eigenvalue weighted by Gasteiger charge is -2.07. The topological polar surface area (TPSA) is 121 Å². The van der Waals surface area contributed by atoms with Gasteiger partial charge in [-0.2, -0.15) is 0 Å². The molecule has 0 amide bonds. The Balaban J connectivity index is 1.94. The molecule has 3 N–H and O–H groups in total. The lowest BCUT2D eigenvalue weighted by Crippen LogP contribution is -2.11. The van der Waals surface area contributed by atoms with Crippen molar-refractivity contribution in [2.45, 2.75) is 11.1 Å². The molecule has 0 aliphatic carbocycles. The fraction of sp³-hybridized carbons (Fsp3) is 0.0526. The third-order valence-corrected chi connectivity index (χ3v) is 7.20. The van der Waals surface area contributed by atoms with Crippen molar-refractivity contribution in [3.63, 3.8) is 0 Å². The maximum Gasteiger partial charge on any atom is 0.339 e. The van der Waals surface area contributed by atoms with Gasteiger partial charge in [0, 0.05) is 17.2 Å². The van der Waals surface area contributed by atoms with E-state index in [4.69, 9.17) is 16.7 Å². The maximum absolute atomic E-state index is 12.7. The van der Waals surface area contributed by atoms with Crippen LogP contribution < -0.4 is 4.72 Å². The second kappa shape index (κ2) is 7.86. The molecule has 0 aliphatic heterocycles. The van der Waals surface area contributed by atoms with Crippen molar-refractivity contribution in [2.75, 3.05) is 4.72 Å². The molecule has 3 aromatic rings. The van der Waals surface area contributed by atoms with Gasteiger partial charge in [0.1, 0.15) is 19.9 Å². The summed E-state index contributed by atoms with van der Waals surface area (Å²) in [5.74, 6) is -2.03. The second-order valence-corrected chi connectivity index (χ2v) is 9.60. The number of sulfonamides is 1. The van der Waals surface area contributed by atoms with Crippen molar-refractivity contribution < 1.29 is 28.2 Å². The minimum absolute atomic E-state index is 0.00264. The van der Waals surface area contributed by atoms with E-state index in [0.29, 0.717) is 16.7 Å². The number of carboxylic acid groups (broad SMARTS) is 1. The van der Waals surface area contributed by atoms with Gasteiger partial charge in [-0.1, -0.05) is 29.8 Å². The van der Waals surface area contributed by atoms with Crippen molar-refractivity contribution in [3.05, 3.63) is 64.0 Å². The highest BCUT2D eigenvalue weighted by Crippen LogP contribution is 2.38. The monoisotopic (exact) mass is 451 g/mol. The van der Waals surface area contributed by atoms with E-state index in [1.807, 2.05) is 0 Å². The Labute approximate surface area is 175 Å². The van der Waals surface area contributed by atoms with Gasteiger partial charge in [0.25, 0.3) is 10.0 Å². The highest BCUT2D eigenvalue weighted by molar-refractivity contribution is 7.94. The Morgan fingerprint density at radius 2 is 1.83 bits per heavy atom. The van der Waals surface area contributed by atoms with Gasteiger partial charge in [-0.05, 0) is 36.8 Å². The van der Waals surface area contributed by atoms with Crippen LogP contribution in [0, 0.1) is 0 Å². The van der Waals surface area contributed by atoms with E-state index < -0.39 is 21.7 Å². The van der Waals surface area contributed by atoms with Gasteiger partial charge in [-0.15, -0.1) is 11.3 Å². The number of nitrogens with one attached hydrogen (secondary N) is 1. The number of hydrogen-bond donors (Lipinski definition) is 3. The molecule has 29 heavy (non-hydrogen) atoms. The SMILES string of the molecule is CC(=O)c1cccc(-c2cc(S(=O)(=O)Nc3ccc(C(=O)O)c(O)c3)sc2Cl)c1. The summed E-state index contributed by atoms with van der Waals surface area (Å²) in [5, 5.41) is 18.7. The standard InChI is InChI=1S/C19H14ClNO6S2/c1-10(22)11-3-2-4-12(7-11)15-9-17(28-18(15)20)29(26,27)21-13-5-6-14(19(24)25)16(23)8-13/h2-9,21,23H,1H3,(H,24,25). The molecule has 150 valence electrons. The molecule has 0 aliphatic rings. The number of phenols is 1. The summed E-state index contributed by atoms with van der Waals surface area (Å²) in [4.78, 5) is 22.5. The number of anilines is 1. The van der Waals surface area contributed by atoms with Crippen LogP contribution in [0.5, 0.6) is 5.75 Å². The van der Waals surface area contributed by atoms with Crippen LogP contribution in [0.2, 0.25) is 4.34 Å². The number of halogens is 1. The van der Waals surface area contributed by atoms with Crippen LogP contribution in [0.15, 0.2) is 52.7 Å². The minimum atomic E-state index is -4.04. The molecule has 1 heterocycles. The van der Waals surface area contributed by atoms with Crippen LogP contribution in [-0.4, -0.2) is 30.4 Å². The Morgan fingerprint density at radius 3 is 2.45 bits per heavy atom. The first-order valence-electron chi connectivity index (χ1n) is 8.08. The van der Waals surface area contributed by atoms with Crippen molar-refractivity contribution >= 4 is 50.4 Å². The maximum atomic E-state index is 12.7. The average molecular weight is 452 g/mol. The van der Waals surface area contributed by atoms with Crippen LogP contribution in [0.25, 0.3) is 11.1 Å². The Hall–Kier alpha value is -2.88. The molecule has 0 unspecified atom stereocenters. The van der Waals surface area contributed by atoms with Gasteiger partial charge in [-0.25, -0.2) is 13.2 Å². The number of Topliss-reactive ketones (excluding diaryl/α,β-unsaturated/α-hetero) is 1. The Morgan fingerprint density at radius 1 is 1.10 bits per heavy atom. The van der Waals surface area contributed by atoms with Crippen LogP contribution in [0.3, 0.4) is 0 Å². The van der Waals surface area contributed by atoms with Gasteiger partial charge >= 0.3 is 5.97 Å². The average Bonchev–Trinajstić information content (AvgIpc) is 3.04. The van der Waals surface area contributed by atoms with Crippen LogP contribution in [0.4, 0.5) is 5.69 Å². The van der Waals surface area contributed by atoms with Crippen molar-refractivity contribution in [1.82, 2.24) is 0 Å². The summed E-state index contributed by atoms with van der Waals surface area (Å²) in [6, 6.07) is 11.4. The third-order valence-electron chi connectivity index (χ3n) is 3.99. The zero-order chi connectivity index (χ0) is 21.3. The predicted octanol–water partition coefficient (Wildman–Crippen LogP) is 4.48. The number of ketones is 1. The number of hydrogen-bond acceptors (Lipinski definition) is 6. The van der Waals surface area contributed by atoms with Gasteiger partial charge in [0.2, 0.25) is 0 Å². The molecule has 1 aromatic heterocycles. The van der Waals surface area contributed by atoms with Crippen molar-refractivity contribution in [2.24, 2.45) is 0 Å². The fourth-order valence-electron chi connectivity index (χ4n) is 2.56. The first kappa shape index (κ1) is 20.8. The van der Waals surface area contributed by atoms with E-state index in [1.54, 1.807) is 24.3 Å². The lowest BCUT2D eigenvalue weighted by atomic mass is 10.0. The van der Waals surface area contributed by atoms with Crippen LogP contribution in [-0.2, 0) is 10.0 Å². The molecule has 0 atom stereocenters. The molecule has 0 saturated heterocycles. The van der Waals surface area contributed by atoms with Crippen LogP contribution >= 0.6 is 22.9 Å². The summed E-state index contributed by atoms with van der Waals surface area (Å²) in [5.41, 5.74) is 1.19. The summed E-state index contributed by atoms with van der Waals surface area (Å²) in [6.45, 7) is 1.43. The van der Waals surface area contributed by atoms with E-state index in [9.17, 15) is 23.1 Å². The van der Waals surface area contributed by atoms with Gasteiger partial charge < -0.3 is 10.2 Å². The van der Waals surface area contributed by atoms with Gasteiger partial charge in [0.15, 0.2) is 5.78 Å². The highest BCUT2D eigenvalue weighted by Gasteiger charge is 2.22. The smallest absolute Gasteiger partial charge is 0.339 e. The fourth-order valence-corrected chi connectivity index (χ4v) is 5.38. The number of aromatic carboxylic acids is 1. The van der Waals surface area contributed by atoms with Crippen LogP contribution in [0.1, 0.15) is 27.6 Å². The van der Waals surface area contributed by atoms with Gasteiger partial charge in [0.05, 0.1) is 5.69 Å². The zero-order valence-electron chi connectivity index (χ0n) is 14.8. The first-order valence-corrected chi connectivity index (χ1v) is 10.8. The normalized spacial score (nSPS) is 11.2. The predicted molar refractivity (Wildman–Crippen MR) is 111 cm³/mol. The molecule has 2 aromatic carbocycles. The number of carboxylic acids is 1. The molecule has 10 heteroatoms. The third kappa shape index (κ3) is 4.42. The minimum Gasteiger partial charge on any atom is -0.507 e. The molecule has 0 spiro atoms. The second-order valence-electron chi connectivity index (χ2n) is 6.03. The first-order chi connectivity index (χ1) is 13.6. The summed E-state index contributed by atoms with van der Waals surface area (Å²) in [7, 11) is -4.04. The van der Waals surface area contributed by atoms with E-state index >= 15 is 0 Å². The molecule has 0 saturated carbocycles. The van der Waals surface area contributed by atoms with E-state index in [-0.39, 0.29) is 25.6 Å².